The number of benzene rings is 1. The molecule has 0 aliphatic heterocycles. The summed E-state index contributed by atoms with van der Waals surface area (Å²) in [7, 11) is 0. The van der Waals surface area contributed by atoms with Crippen LogP contribution in [0.1, 0.15) is 43.4 Å². The molecule has 118 valence electrons. The molecule has 2 aliphatic carbocycles. The zero-order valence-electron chi connectivity index (χ0n) is 13.0. The van der Waals surface area contributed by atoms with E-state index in [1.54, 1.807) is 0 Å². The summed E-state index contributed by atoms with van der Waals surface area (Å²) in [6.07, 6.45) is 2.74. The van der Waals surface area contributed by atoms with Crippen LogP contribution in [0.2, 0.25) is 0 Å². The number of carboxylic acid groups (broad SMARTS) is 1. The van der Waals surface area contributed by atoms with E-state index in [0.29, 0.717) is 0 Å². The van der Waals surface area contributed by atoms with Crippen LogP contribution >= 0.6 is 0 Å². The summed E-state index contributed by atoms with van der Waals surface area (Å²) in [4.78, 5) is 24.0. The number of nitrogens with one attached hydrogen (secondary N) is 1. The number of carboxylic acids is 1. The second kappa shape index (κ2) is 5.75. The summed E-state index contributed by atoms with van der Waals surface area (Å²) in [5.41, 5.74) is 2.21. The Morgan fingerprint density at radius 1 is 1.14 bits per heavy atom. The van der Waals surface area contributed by atoms with Crippen molar-refractivity contribution in [3.63, 3.8) is 0 Å². The summed E-state index contributed by atoms with van der Waals surface area (Å²) in [5.74, 6) is -1.89. The lowest BCUT2D eigenvalue weighted by Gasteiger charge is -2.31. The molecule has 0 unspecified atom stereocenters. The molecule has 1 aromatic carbocycles. The molecule has 0 saturated heterocycles. The van der Waals surface area contributed by atoms with Crippen molar-refractivity contribution >= 4 is 11.9 Å². The largest absolute Gasteiger partial charge is 0.550 e. The average Bonchev–Trinajstić information content (AvgIpc) is 3.08. The van der Waals surface area contributed by atoms with Crippen molar-refractivity contribution in [3.8, 4) is 0 Å². The number of carbonyl (C=O) groups excluding carboxylic acids is 2. The van der Waals surface area contributed by atoms with Crippen molar-refractivity contribution in [2.24, 2.45) is 23.7 Å². The zero-order chi connectivity index (χ0) is 15.9. The molecule has 0 spiro atoms. The van der Waals surface area contributed by atoms with E-state index < -0.39 is 17.8 Å². The van der Waals surface area contributed by atoms with E-state index in [0.717, 1.165) is 24.8 Å². The Kier molecular flexibility index (Phi) is 3.94. The monoisotopic (exact) mass is 300 g/mol. The van der Waals surface area contributed by atoms with E-state index >= 15 is 0 Å². The van der Waals surface area contributed by atoms with E-state index in [-0.39, 0.29) is 23.8 Å². The molecular formula is C18H22NO3-. The molecule has 2 fully saturated rings. The molecule has 1 amide bonds. The third-order valence-electron chi connectivity index (χ3n) is 5.43. The number of fused-ring (bicyclic) bond motifs is 2. The average molecular weight is 300 g/mol. The van der Waals surface area contributed by atoms with Crippen LogP contribution in [0, 0.1) is 30.6 Å². The van der Waals surface area contributed by atoms with E-state index in [1.165, 1.54) is 5.56 Å². The van der Waals surface area contributed by atoms with Crippen molar-refractivity contribution < 1.29 is 14.7 Å². The highest BCUT2D eigenvalue weighted by Crippen LogP contribution is 2.52. The molecule has 2 saturated carbocycles. The minimum absolute atomic E-state index is 0.116. The van der Waals surface area contributed by atoms with Gasteiger partial charge in [-0.3, -0.25) is 4.79 Å². The Labute approximate surface area is 130 Å². The lowest BCUT2D eigenvalue weighted by Crippen LogP contribution is -2.46. The molecule has 5 atom stereocenters. The Morgan fingerprint density at radius 2 is 1.73 bits per heavy atom. The molecule has 3 rings (SSSR count). The predicted octanol–water partition coefficient (Wildman–Crippen LogP) is 1.58. The van der Waals surface area contributed by atoms with Crippen LogP contribution in [0.15, 0.2) is 24.3 Å². The lowest BCUT2D eigenvalue weighted by molar-refractivity contribution is -0.314. The van der Waals surface area contributed by atoms with Gasteiger partial charge in [0.1, 0.15) is 0 Å². The quantitative estimate of drug-likeness (QED) is 0.918. The molecule has 4 heteroatoms. The highest BCUT2D eigenvalue weighted by Gasteiger charge is 2.51. The zero-order valence-corrected chi connectivity index (χ0v) is 13.0. The van der Waals surface area contributed by atoms with Gasteiger partial charge in [0.2, 0.25) is 5.91 Å². The van der Waals surface area contributed by atoms with Crippen molar-refractivity contribution in [2.45, 2.75) is 39.2 Å². The van der Waals surface area contributed by atoms with Crippen LogP contribution in [-0.4, -0.2) is 11.9 Å². The maximum Gasteiger partial charge on any atom is 0.224 e. The smallest absolute Gasteiger partial charge is 0.224 e. The number of rotatable bonds is 4. The van der Waals surface area contributed by atoms with Gasteiger partial charge in [0.25, 0.3) is 0 Å². The van der Waals surface area contributed by atoms with Gasteiger partial charge in [-0.1, -0.05) is 29.8 Å². The minimum Gasteiger partial charge on any atom is -0.550 e. The van der Waals surface area contributed by atoms with E-state index in [9.17, 15) is 14.7 Å². The number of hydrogen-bond donors (Lipinski definition) is 1. The first-order valence-electron chi connectivity index (χ1n) is 8.05. The SMILES string of the molecule is Cc1ccc([C@@H](C)NC(=O)[C@@H]2[C@@H]3CC[C@@H](C3)[C@@H]2C(=O)[O-])cc1. The molecule has 1 N–H and O–H groups in total. The van der Waals surface area contributed by atoms with Crippen LogP contribution in [0.4, 0.5) is 0 Å². The number of aryl methyl sites for hydroxylation is 1. The molecule has 1 aromatic rings. The molecule has 0 heterocycles. The normalized spacial score (nSPS) is 31.0. The van der Waals surface area contributed by atoms with Crippen molar-refractivity contribution in [2.75, 3.05) is 0 Å². The summed E-state index contributed by atoms with van der Waals surface area (Å²) in [5, 5.41) is 14.4. The number of amides is 1. The Balaban J connectivity index is 1.71. The maximum atomic E-state index is 12.6. The van der Waals surface area contributed by atoms with Gasteiger partial charge in [0.05, 0.1) is 6.04 Å². The number of aliphatic carboxylic acids is 1. The van der Waals surface area contributed by atoms with Gasteiger partial charge in [0.15, 0.2) is 0 Å². The molecule has 0 aromatic heterocycles. The number of hydrogen-bond acceptors (Lipinski definition) is 3. The van der Waals surface area contributed by atoms with E-state index in [2.05, 4.69) is 5.32 Å². The Hall–Kier alpha value is -1.84. The van der Waals surface area contributed by atoms with Gasteiger partial charge in [-0.25, -0.2) is 0 Å². The van der Waals surface area contributed by atoms with E-state index in [4.69, 9.17) is 0 Å². The van der Waals surface area contributed by atoms with Gasteiger partial charge in [-0.2, -0.15) is 0 Å². The minimum atomic E-state index is -1.06. The second-order valence-electron chi connectivity index (χ2n) is 6.84. The third kappa shape index (κ3) is 2.62. The fraction of sp³-hybridized carbons (Fsp3) is 0.556. The number of carbonyl (C=O) groups is 2. The first-order chi connectivity index (χ1) is 10.5. The highest BCUT2D eigenvalue weighted by molar-refractivity contribution is 5.85. The highest BCUT2D eigenvalue weighted by atomic mass is 16.4. The van der Waals surface area contributed by atoms with Crippen molar-refractivity contribution in [1.29, 1.82) is 0 Å². The fourth-order valence-corrected chi connectivity index (χ4v) is 4.26. The van der Waals surface area contributed by atoms with Crippen LogP contribution < -0.4 is 10.4 Å². The maximum absolute atomic E-state index is 12.6. The Morgan fingerprint density at radius 3 is 2.32 bits per heavy atom. The van der Waals surface area contributed by atoms with Crippen molar-refractivity contribution in [3.05, 3.63) is 35.4 Å². The topological polar surface area (TPSA) is 69.2 Å². The van der Waals surface area contributed by atoms with Crippen LogP contribution in [0.25, 0.3) is 0 Å². The standard InChI is InChI=1S/C18H23NO3/c1-10-3-5-12(6-4-10)11(2)19-17(20)15-13-7-8-14(9-13)16(15)18(21)22/h3-6,11,13-16H,7-9H2,1-2H3,(H,19,20)(H,21,22)/p-1/t11-,13-,14+,15-,16+/m1/s1. The van der Waals surface area contributed by atoms with Gasteiger partial charge in [0, 0.05) is 17.8 Å². The van der Waals surface area contributed by atoms with E-state index in [1.807, 2.05) is 38.1 Å². The van der Waals surface area contributed by atoms with Crippen molar-refractivity contribution in [1.82, 2.24) is 5.32 Å². The molecule has 2 aliphatic rings. The summed E-state index contributed by atoms with van der Waals surface area (Å²) in [6, 6.07) is 7.91. The van der Waals surface area contributed by atoms with Gasteiger partial charge in [-0.15, -0.1) is 0 Å². The van der Waals surface area contributed by atoms with Gasteiger partial charge < -0.3 is 15.2 Å². The summed E-state index contributed by atoms with van der Waals surface area (Å²) in [6.45, 7) is 3.95. The first-order valence-corrected chi connectivity index (χ1v) is 8.05. The second-order valence-corrected chi connectivity index (χ2v) is 6.84. The summed E-state index contributed by atoms with van der Waals surface area (Å²) >= 11 is 0. The molecule has 2 bridgehead atoms. The van der Waals surface area contributed by atoms with Crippen LogP contribution in [-0.2, 0) is 9.59 Å². The molecular weight excluding hydrogens is 278 g/mol. The van der Waals surface area contributed by atoms with Crippen LogP contribution in [0.5, 0.6) is 0 Å². The molecule has 4 nitrogen and oxygen atoms in total. The lowest BCUT2D eigenvalue weighted by atomic mass is 9.78. The first kappa shape index (κ1) is 15.1. The van der Waals surface area contributed by atoms with Crippen LogP contribution in [0.3, 0.4) is 0 Å². The van der Waals surface area contributed by atoms with Gasteiger partial charge >= 0.3 is 0 Å². The molecule has 0 radical (unpaired) electrons. The Bertz CT molecular complexity index is 580. The third-order valence-corrected chi connectivity index (χ3v) is 5.43. The summed E-state index contributed by atoms with van der Waals surface area (Å²) < 4.78 is 0. The molecule has 22 heavy (non-hydrogen) atoms. The fourth-order valence-electron chi connectivity index (χ4n) is 4.26. The van der Waals surface area contributed by atoms with Gasteiger partial charge in [-0.05, 0) is 50.5 Å². The predicted molar refractivity (Wildman–Crippen MR) is 80.6 cm³/mol.